The number of fused-ring (bicyclic) bond motifs is 1. The summed E-state index contributed by atoms with van der Waals surface area (Å²) in [6, 6.07) is 4.02. The van der Waals surface area contributed by atoms with Crippen LogP contribution in [0.1, 0.15) is 31.7 Å². The number of rotatable bonds is 6. The third kappa shape index (κ3) is 4.65. The highest BCUT2D eigenvalue weighted by molar-refractivity contribution is 7.22. The number of alkyl halides is 3. The fraction of sp³-hybridized carbons (Fsp3) is 0.429. The number of nitrogens with one attached hydrogen (secondary N) is 1. The first kappa shape index (κ1) is 23.0. The van der Waals surface area contributed by atoms with Crippen molar-refractivity contribution in [2.45, 2.75) is 45.5 Å². The molecule has 1 aliphatic rings. The van der Waals surface area contributed by atoms with E-state index >= 15 is 0 Å². The van der Waals surface area contributed by atoms with Gasteiger partial charge < -0.3 is 10.2 Å². The van der Waals surface area contributed by atoms with Crippen LogP contribution in [0.3, 0.4) is 0 Å². The molecule has 3 heterocycles. The molecule has 1 aliphatic heterocycles. The zero-order valence-electron chi connectivity index (χ0n) is 17.8. The molecule has 33 heavy (non-hydrogen) atoms. The molecule has 1 amide bonds. The fourth-order valence-electron chi connectivity index (χ4n) is 3.76. The summed E-state index contributed by atoms with van der Waals surface area (Å²) in [5.74, 6) is -0.615. The Kier molecular flexibility index (Phi) is 6.28. The van der Waals surface area contributed by atoms with Crippen molar-refractivity contribution in [3.05, 3.63) is 50.7 Å². The Morgan fingerprint density at radius 3 is 2.39 bits per heavy atom. The summed E-state index contributed by atoms with van der Waals surface area (Å²) in [6.07, 6.45) is -1.90. The van der Waals surface area contributed by atoms with Crippen molar-refractivity contribution in [2.75, 3.05) is 23.3 Å². The molecule has 1 N–H and O–H groups in total. The Bertz CT molecular complexity index is 1290. The molecule has 3 aromatic rings. The maximum Gasteiger partial charge on any atom is 0.416 e. The van der Waals surface area contributed by atoms with Gasteiger partial charge in [-0.3, -0.25) is 18.7 Å². The molecule has 0 bridgehead atoms. The van der Waals surface area contributed by atoms with Gasteiger partial charge in [0, 0.05) is 25.3 Å². The lowest BCUT2D eigenvalue weighted by Gasteiger charge is -2.12. The number of benzene rings is 1. The van der Waals surface area contributed by atoms with E-state index in [1.165, 1.54) is 11.3 Å². The first-order valence-corrected chi connectivity index (χ1v) is 11.4. The van der Waals surface area contributed by atoms with Gasteiger partial charge in [0.25, 0.3) is 5.56 Å². The molecule has 0 aliphatic carbocycles. The van der Waals surface area contributed by atoms with E-state index in [0.29, 0.717) is 16.3 Å². The molecule has 0 radical (unpaired) electrons. The van der Waals surface area contributed by atoms with Crippen molar-refractivity contribution in [2.24, 2.45) is 0 Å². The summed E-state index contributed by atoms with van der Waals surface area (Å²) in [7, 11) is 0. The van der Waals surface area contributed by atoms with Gasteiger partial charge in [-0.15, -0.1) is 0 Å². The van der Waals surface area contributed by atoms with Crippen molar-refractivity contribution in [3.8, 4) is 0 Å². The third-order valence-corrected chi connectivity index (χ3v) is 6.47. The predicted octanol–water partition coefficient (Wildman–Crippen LogP) is 3.29. The van der Waals surface area contributed by atoms with Crippen LogP contribution in [-0.2, 0) is 24.1 Å². The number of aromatic nitrogens is 3. The predicted molar refractivity (Wildman–Crippen MR) is 120 cm³/mol. The maximum atomic E-state index is 13.0. The van der Waals surface area contributed by atoms with Crippen molar-refractivity contribution in [3.63, 3.8) is 0 Å². The van der Waals surface area contributed by atoms with Gasteiger partial charge in [-0.1, -0.05) is 18.3 Å². The Labute approximate surface area is 190 Å². The topological polar surface area (TPSA) is 89.2 Å². The third-order valence-electron chi connectivity index (χ3n) is 5.38. The van der Waals surface area contributed by atoms with Gasteiger partial charge >= 0.3 is 11.9 Å². The summed E-state index contributed by atoms with van der Waals surface area (Å²) in [5.41, 5.74) is -1.60. The van der Waals surface area contributed by atoms with E-state index < -0.39 is 35.4 Å². The van der Waals surface area contributed by atoms with Crippen molar-refractivity contribution < 1.29 is 18.0 Å². The normalized spacial score (nSPS) is 14.2. The highest BCUT2D eigenvalue weighted by atomic mass is 32.1. The van der Waals surface area contributed by atoms with Crippen molar-refractivity contribution in [1.82, 2.24) is 14.1 Å². The maximum absolute atomic E-state index is 13.0. The average Bonchev–Trinajstić information content (AvgIpc) is 3.44. The number of carbonyl (C=O) groups excluding carboxylic acids is 1. The van der Waals surface area contributed by atoms with E-state index in [2.05, 4.69) is 10.3 Å². The molecule has 0 unspecified atom stereocenters. The molecule has 1 saturated heterocycles. The van der Waals surface area contributed by atoms with Crippen LogP contribution >= 0.6 is 11.3 Å². The largest absolute Gasteiger partial charge is 0.416 e. The lowest BCUT2D eigenvalue weighted by atomic mass is 10.2. The minimum absolute atomic E-state index is 0.145. The molecule has 0 spiro atoms. The molecule has 12 heteroatoms. The monoisotopic (exact) mass is 481 g/mol. The highest BCUT2D eigenvalue weighted by Gasteiger charge is 2.30. The smallest absolute Gasteiger partial charge is 0.348 e. The quantitative estimate of drug-likeness (QED) is 0.584. The van der Waals surface area contributed by atoms with E-state index in [9.17, 15) is 27.6 Å². The van der Waals surface area contributed by atoms with E-state index in [-0.39, 0.29) is 17.9 Å². The van der Waals surface area contributed by atoms with Crippen LogP contribution in [-0.4, -0.2) is 33.1 Å². The second-order valence-electron chi connectivity index (χ2n) is 7.79. The second kappa shape index (κ2) is 9.00. The van der Waals surface area contributed by atoms with Crippen LogP contribution in [0.5, 0.6) is 0 Å². The minimum atomic E-state index is -4.48. The summed E-state index contributed by atoms with van der Waals surface area (Å²) < 4.78 is 40.8. The Balaban J connectivity index is 1.67. The molecule has 176 valence electrons. The number of hydrogen-bond acceptors (Lipinski definition) is 6. The number of anilines is 2. The first-order chi connectivity index (χ1) is 15.7. The average molecular weight is 482 g/mol. The highest BCUT2D eigenvalue weighted by Crippen LogP contribution is 2.30. The van der Waals surface area contributed by atoms with E-state index in [1.807, 2.05) is 11.8 Å². The minimum Gasteiger partial charge on any atom is -0.348 e. The standard InChI is InChI=1S/C21H22F3N5O3S/c1-2-9-28-18(31)16-17(26-19(33-16)27-10-3-4-11-27)29(20(28)32)12-15(30)25-14-7-5-13(6-8-14)21(22,23)24/h5-8H,2-4,9-12H2,1H3,(H,25,30). The number of nitrogens with zero attached hydrogens (tertiary/aromatic N) is 4. The van der Waals surface area contributed by atoms with Gasteiger partial charge in [0.15, 0.2) is 10.8 Å². The fourth-order valence-corrected chi connectivity index (χ4v) is 4.83. The van der Waals surface area contributed by atoms with Gasteiger partial charge in [0.2, 0.25) is 5.91 Å². The van der Waals surface area contributed by atoms with Crippen molar-refractivity contribution in [1.29, 1.82) is 0 Å². The summed E-state index contributed by atoms with van der Waals surface area (Å²) >= 11 is 1.20. The van der Waals surface area contributed by atoms with Crippen LogP contribution in [0.4, 0.5) is 24.0 Å². The Hall–Kier alpha value is -3.15. The molecule has 4 rings (SSSR count). The number of carbonyl (C=O) groups is 1. The van der Waals surface area contributed by atoms with Crippen LogP contribution < -0.4 is 21.5 Å². The van der Waals surface area contributed by atoms with Crippen LogP contribution in [0.15, 0.2) is 33.9 Å². The first-order valence-electron chi connectivity index (χ1n) is 10.5. The van der Waals surface area contributed by atoms with Crippen molar-refractivity contribution >= 4 is 38.4 Å². The summed E-state index contributed by atoms with van der Waals surface area (Å²) in [6.45, 7) is 3.22. The number of thiazole rings is 1. The second-order valence-corrected chi connectivity index (χ2v) is 8.77. The van der Waals surface area contributed by atoms with Gasteiger partial charge in [0.05, 0.1) is 5.56 Å². The lowest BCUT2D eigenvalue weighted by Crippen LogP contribution is -2.41. The van der Waals surface area contributed by atoms with Crippen LogP contribution in [0.25, 0.3) is 10.3 Å². The molecular formula is C21H22F3N5O3S. The lowest BCUT2D eigenvalue weighted by molar-refractivity contribution is -0.137. The molecular weight excluding hydrogens is 459 g/mol. The van der Waals surface area contributed by atoms with Gasteiger partial charge in [0.1, 0.15) is 11.2 Å². The van der Waals surface area contributed by atoms with E-state index in [4.69, 9.17) is 0 Å². The SMILES string of the molecule is CCCn1c(=O)c2sc(N3CCCC3)nc2n(CC(=O)Nc2ccc(C(F)(F)F)cc2)c1=O. The van der Waals surface area contributed by atoms with Crippen LogP contribution in [0, 0.1) is 0 Å². The number of amides is 1. The van der Waals surface area contributed by atoms with Gasteiger partial charge in [-0.25, -0.2) is 9.78 Å². The molecule has 0 atom stereocenters. The number of hydrogen-bond donors (Lipinski definition) is 1. The van der Waals surface area contributed by atoms with Gasteiger partial charge in [-0.2, -0.15) is 13.2 Å². The Morgan fingerprint density at radius 2 is 1.79 bits per heavy atom. The molecule has 1 fully saturated rings. The van der Waals surface area contributed by atoms with Gasteiger partial charge in [-0.05, 0) is 43.5 Å². The Morgan fingerprint density at radius 1 is 1.12 bits per heavy atom. The molecule has 8 nitrogen and oxygen atoms in total. The van der Waals surface area contributed by atoms with Crippen LogP contribution in [0.2, 0.25) is 0 Å². The molecule has 0 saturated carbocycles. The summed E-state index contributed by atoms with van der Waals surface area (Å²) in [4.78, 5) is 45.2. The summed E-state index contributed by atoms with van der Waals surface area (Å²) in [5, 5.41) is 3.13. The van der Waals surface area contributed by atoms with E-state index in [1.54, 1.807) is 0 Å². The zero-order valence-corrected chi connectivity index (χ0v) is 18.6. The van der Waals surface area contributed by atoms with E-state index in [0.717, 1.165) is 59.3 Å². The number of halogens is 3. The zero-order chi connectivity index (χ0) is 23.8. The molecule has 1 aromatic carbocycles. The molecule has 2 aromatic heterocycles.